The number of amides is 2. The molecule has 2 aliphatic rings. The van der Waals surface area contributed by atoms with Crippen LogP contribution in [0.15, 0.2) is 24.3 Å². The van der Waals surface area contributed by atoms with Gasteiger partial charge < -0.3 is 10.2 Å². The predicted octanol–water partition coefficient (Wildman–Crippen LogP) is 2.02. The molecule has 0 bridgehead atoms. The summed E-state index contributed by atoms with van der Waals surface area (Å²) in [7, 11) is 0. The molecular weight excluding hydrogens is 333 g/mol. The Morgan fingerprint density at radius 1 is 1.19 bits per heavy atom. The summed E-state index contributed by atoms with van der Waals surface area (Å²) in [6, 6.07) is 6.85. The number of carbonyl (C=O) groups is 2. The van der Waals surface area contributed by atoms with Crippen LogP contribution in [0.5, 0.6) is 0 Å². The van der Waals surface area contributed by atoms with Gasteiger partial charge in [0.05, 0.1) is 0 Å². The summed E-state index contributed by atoms with van der Waals surface area (Å²) >= 11 is 0. The van der Waals surface area contributed by atoms with Gasteiger partial charge in [0.1, 0.15) is 5.82 Å². The molecule has 1 saturated heterocycles. The van der Waals surface area contributed by atoms with Crippen LogP contribution in [0.25, 0.3) is 0 Å². The van der Waals surface area contributed by atoms with Crippen LogP contribution >= 0.6 is 0 Å². The molecule has 3 rings (SSSR count). The van der Waals surface area contributed by atoms with Gasteiger partial charge in [-0.3, -0.25) is 14.5 Å². The van der Waals surface area contributed by atoms with E-state index >= 15 is 0 Å². The molecule has 1 aliphatic carbocycles. The minimum atomic E-state index is -0.176. The minimum Gasteiger partial charge on any atom is -0.355 e. The van der Waals surface area contributed by atoms with Gasteiger partial charge in [0.25, 0.3) is 0 Å². The van der Waals surface area contributed by atoms with Crippen LogP contribution in [0.1, 0.15) is 31.7 Å². The third kappa shape index (κ3) is 5.04. The molecule has 142 valence electrons. The molecule has 1 aliphatic heterocycles. The van der Waals surface area contributed by atoms with E-state index in [2.05, 4.69) is 17.1 Å². The molecule has 0 spiro atoms. The average molecular weight is 361 g/mol. The fourth-order valence-electron chi connectivity index (χ4n) is 3.52. The van der Waals surface area contributed by atoms with Gasteiger partial charge in [-0.1, -0.05) is 25.1 Å². The summed E-state index contributed by atoms with van der Waals surface area (Å²) in [5, 5.41) is 2.87. The molecule has 1 heterocycles. The van der Waals surface area contributed by atoms with E-state index in [0.29, 0.717) is 37.5 Å². The summed E-state index contributed by atoms with van der Waals surface area (Å²) in [6.07, 6.45) is 2.19. The van der Waals surface area contributed by atoms with E-state index in [1.54, 1.807) is 6.07 Å². The lowest BCUT2D eigenvalue weighted by molar-refractivity contribution is -0.131. The molecule has 1 aromatic carbocycles. The molecule has 5 nitrogen and oxygen atoms in total. The Bertz CT molecular complexity index is 652. The Kier molecular flexibility index (Phi) is 6.25. The first-order valence-electron chi connectivity index (χ1n) is 9.56. The highest BCUT2D eigenvalue weighted by molar-refractivity contribution is 5.82. The minimum absolute atomic E-state index is 0.0808. The zero-order valence-corrected chi connectivity index (χ0v) is 15.4. The first-order chi connectivity index (χ1) is 12.5. The summed E-state index contributed by atoms with van der Waals surface area (Å²) < 4.78 is 13.8. The topological polar surface area (TPSA) is 52.7 Å². The molecule has 6 heteroatoms. The Balaban J connectivity index is 1.40. The quantitative estimate of drug-likeness (QED) is 0.843. The molecule has 2 amide bonds. The van der Waals surface area contributed by atoms with Crippen molar-refractivity contribution in [1.29, 1.82) is 0 Å². The van der Waals surface area contributed by atoms with Crippen LogP contribution in [0, 0.1) is 17.7 Å². The summed E-state index contributed by atoms with van der Waals surface area (Å²) in [5.74, 6) is 0.622. The number of benzene rings is 1. The monoisotopic (exact) mass is 361 g/mol. The Hall–Kier alpha value is -1.95. The number of carbonyl (C=O) groups excluding carboxylic acids is 2. The van der Waals surface area contributed by atoms with E-state index in [1.807, 2.05) is 17.0 Å². The maximum Gasteiger partial charge on any atom is 0.224 e. The van der Waals surface area contributed by atoms with E-state index in [0.717, 1.165) is 32.5 Å². The number of hydrogen-bond acceptors (Lipinski definition) is 3. The Morgan fingerprint density at radius 2 is 1.96 bits per heavy atom. The maximum atomic E-state index is 13.8. The lowest BCUT2D eigenvalue weighted by Crippen LogP contribution is -2.37. The summed E-state index contributed by atoms with van der Waals surface area (Å²) in [6.45, 7) is 6.03. The molecule has 26 heavy (non-hydrogen) atoms. The van der Waals surface area contributed by atoms with Crippen molar-refractivity contribution in [3.05, 3.63) is 35.6 Å². The second-order valence-corrected chi connectivity index (χ2v) is 7.46. The number of nitrogens with one attached hydrogen (secondary N) is 1. The Labute approximate surface area is 154 Å². The zero-order valence-electron chi connectivity index (χ0n) is 15.4. The number of halogens is 1. The fraction of sp³-hybridized carbons (Fsp3) is 0.600. The largest absolute Gasteiger partial charge is 0.355 e. The Morgan fingerprint density at radius 3 is 2.69 bits per heavy atom. The van der Waals surface area contributed by atoms with Crippen molar-refractivity contribution in [3.63, 3.8) is 0 Å². The second kappa shape index (κ2) is 8.62. The highest BCUT2D eigenvalue weighted by Crippen LogP contribution is 2.37. The van der Waals surface area contributed by atoms with E-state index in [9.17, 15) is 14.0 Å². The van der Waals surface area contributed by atoms with Crippen LogP contribution in [0.4, 0.5) is 4.39 Å². The van der Waals surface area contributed by atoms with Crippen molar-refractivity contribution in [2.24, 2.45) is 11.8 Å². The van der Waals surface area contributed by atoms with Gasteiger partial charge in [-0.2, -0.15) is 0 Å². The maximum absolute atomic E-state index is 13.8. The number of nitrogens with zero attached hydrogens (tertiary/aromatic N) is 2. The fourth-order valence-corrected chi connectivity index (χ4v) is 3.52. The van der Waals surface area contributed by atoms with Crippen LogP contribution in [-0.4, -0.2) is 54.3 Å². The highest BCUT2D eigenvalue weighted by atomic mass is 19.1. The highest BCUT2D eigenvalue weighted by Gasteiger charge is 2.38. The third-order valence-corrected chi connectivity index (χ3v) is 5.38. The molecule has 1 N–H and O–H groups in total. The zero-order chi connectivity index (χ0) is 18.5. The lowest BCUT2D eigenvalue weighted by Gasteiger charge is -2.22. The van der Waals surface area contributed by atoms with Crippen molar-refractivity contribution in [3.8, 4) is 0 Å². The van der Waals surface area contributed by atoms with Crippen LogP contribution in [-0.2, 0) is 16.1 Å². The van der Waals surface area contributed by atoms with Crippen LogP contribution in [0.3, 0.4) is 0 Å². The molecule has 2 atom stereocenters. The van der Waals surface area contributed by atoms with E-state index in [1.165, 1.54) is 6.07 Å². The standard InChI is InChI=1S/C20H28FN3O2/c1-15-13-17(15)20(26)22-8-7-19(25)24-10-4-9-23(11-12-24)14-16-5-2-3-6-18(16)21/h2-3,5-6,15,17H,4,7-14H2,1H3,(H,22,26)/t15-,17+/m1/s1. The van der Waals surface area contributed by atoms with Gasteiger partial charge in [0.2, 0.25) is 11.8 Å². The average Bonchev–Trinajstić information content (AvgIpc) is 3.39. The second-order valence-electron chi connectivity index (χ2n) is 7.46. The van der Waals surface area contributed by atoms with Gasteiger partial charge in [0.15, 0.2) is 0 Å². The number of hydrogen-bond donors (Lipinski definition) is 1. The molecule has 2 fully saturated rings. The van der Waals surface area contributed by atoms with Crippen LogP contribution in [0.2, 0.25) is 0 Å². The van der Waals surface area contributed by atoms with E-state index < -0.39 is 0 Å². The van der Waals surface area contributed by atoms with Gasteiger partial charge in [-0.25, -0.2) is 4.39 Å². The third-order valence-electron chi connectivity index (χ3n) is 5.38. The lowest BCUT2D eigenvalue weighted by atomic mass is 10.2. The molecule has 1 aromatic rings. The normalized spacial score (nSPS) is 23.4. The molecule has 0 radical (unpaired) electrons. The number of rotatable bonds is 6. The van der Waals surface area contributed by atoms with Crippen molar-refractivity contribution < 1.29 is 14.0 Å². The summed E-state index contributed by atoms with van der Waals surface area (Å²) in [4.78, 5) is 28.3. The van der Waals surface area contributed by atoms with Gasteiger partial charge in [0, 0.05) is 57.2 Å². The van der Waals surface area contributed by atoms with E-state index in [-0.39, 0.29) is 23.5 Å². The molecular formula is C20H28FN3O2. The van der Waals surface area contributed by atoms with Gasteiger partial charge in [-0.05, 0) is 24.8 Å². The van der Waals surface area contributed by atoms with E-state index in [4.69, 9.17) is 0 Å². The van der Waals surface area contributed by atoms with Crippen molar-refractivity contribution in [2.45, 2.75) is 32.7 Å². The molecule has 0 unspecified atom stereocenters. The molecule has 1 saturated carbocycles. The van der Waals surface area contributed by atoms with Gasteiger partial charge >= 0.3 is 0 Å². The van der Waals surface area contributed by atoms with Crippen molar-refractivity contribution in [2.75, 3.05) is 32.7 Å². The first kappa shape index (κ1) is 18.8. The van der Waals surface area contributed by atoms with Crippen molar-refractivity contribution in [1.82, 2.24) is 15.1 Å². The summed E-state index contributed by atoms with van der Waals surface area (Å²) in [5.41, 5.74) is 0.698. The smallest absolute Gasteiger partial charge is 0.224 e. The first-order valence-corrected chi connectivity index (χ1v) is 9.56. The van der Waals surface area contributed by atoms with Crippen LogP contribution < -0.4 is 5.32 Å². The van der Waals surface area contributed by atoms with Crippen molar-refractivity contribution >= 4 is 11.8 Å². The van der Waals surface area contributed by atoms with Gasteiger partial charge in [-0.15, -0.1) is 0 Å². The SMILES string of the molecule is C[C@@H]1C[C@@H]1C(=O)NCCC(=O)N1CCCN(Cc2ccccc2F)CC1. The predicted molar refractivity (Wildman–Crippen MR) is 97.8 cm³/mol. The molecule has 0 aromatic heterocycles.